The van der Waals surface area contributed by atoms with Gasteiger partial charge in [-0.1, -0.05) is 38.5 Å². The first-order valence-corrected chi connectivity index (χ1v) is 10.1. The molecule has 1 aromatic rings. The third-order valence-corrected chi connectivity index (χ3v) is 5.89. The van der Waals surface area contributed by atoms with E-state index >= 15 is 0 Å². The van der Waals surface area contributed by atoms with Crippen LogP contribution in [0.15, 0.2) is 18.2 Å². The van der Waals surface area contributed by atoms with Crippen LogP contribution in [0.1, 0.15) is 64.2 Å². The fourth-order valence-corrected chi connectivity index (χ4v) is 4.15. The number of carbonyl (C=O) groups is 2. The molecule has 4 N–H and O–H groups in total. The van der Waals surface area contributed by atoms with E-state index in [0.29, 0.717) is 30.0 Å². The maximum absolute atomic E-state index is 12.7. The van der Waals surface area contributed by atoms with Gasteiger partial charge in [0.05, 0.1) is 18.3 Å². The Balaban J connectivity index is 1.70. The summed E-state index contributed by atoms with van der Waals surface area (Å²) in [6, 6.07) is 5.29. The molecular weight excluding hydrogens is 342 g/mol. The van der Waals surface area contributed by atoms with E-state index in [-0.39, 0.29) is 17.7 Å². The van der Waals surface area contributed by atoms with Crippen molar-refractivity contribution in [3.05, 3.63) is 18.2 Å². The number of hydrogen-bond donors (Lipinski definition) is 3. The average molecular weight is 373 g/mol. The quantitative estimate of drug-likeness (QED) is 0.731. The van der Waals surface area contributed by atoms with Gasteiger partial charge in [-0.05, 0) is 43.9 Å². The van der Waals surface area contributed by atoms with Gasteiger partial charge in [0, 0.05) is 11.6 Å². The normalized spacial score (nSPS) is 19.9. The number of ether oxygens (including phenoxy) is 1. The zero-order valence-electron chi connectivity index (χ0n) is 16.2. The Morgan fingerprint density at radius 3 is 2.37 bits per heavy atom. The van der Waals surface area contributed by atoms with Gasteiger partial charge in [0.25, 0.3) is 0 Å². The average Bonchev–Trinajstić information content (AvgIpc) is 2.69. The van der Waals surface area contributed by atoms with Crippen molar-refractivity contribution in [2.24, 2.45) is 11.7 Å². The minimum absolute atomic E-state index is 0.0269. The summed E-state index contributed by atoms with van der Waals surface area (Å²) in [7, 11) is 1.57. The van der Waals surface area contributed by atoms with E-state index in [1.165, 1.54) is 6.42 Å². The predicted molar refractivity (Wildman–Crippen MR) is 107 cm³/mol. The molecule has 0 aliphatic heterocycles. The number of carbonyl (C=O) groups excluding carboxylic acids is 2. The lowest BCUT2D eigenvalue weighted by Crippen LogP contribution is -2.52. The molecule has 0 radical (unpaired) electrons. The van der Waals surface area contributed by atoms with Gasteiger partial charge >= 0.3 is 0 Å². The molecule has 0 atom stereocenters. The van der Waals surface area contributed by atoms with Crippen LogP contribution >= 0.6 is 0 Å². The Labute approximate surface area is 161 Å². The van der Waals surface area contributed by atoms with Crippen molar-refractivity contribution in [1.82, 2.24) is 0 Å². The molecule has 3 rings (SSSR count). The van der Waals surface area contributed by atoms with Gasteiger partial charge in [-0.2, -0.15) is 0 Å². The number of amides is 2. The Morgan fingerprint density at radius 1 is 1.04 bits per heavy atom. The van der Waals surface area contributed by atoms with Crippen molar-refractivity contribution >= 4 is 23.2 Å². The number of nitrogens with one attached hydrogen (secondary N) is 2. The van der Waals surface area contributed by atoms with Crippen LogP contribution in [0.25, 0.3) is 0 Å². The molecule has 0 aromatic heterocycles. The van der Waals surface area contributed by atoms with Crippen molar-refractivity contribution in [1.29, 1.82) is 0 Å². The molecule has 148 valence electrons. The summed E-state index contributed by atoms with van der Waals surface area (Å²) in [5, 5.41) is 5.91. The van der Waals surface area contributed by atoms with Gasteiger partial charge < -0.3 is 21.1 Å². The fourth-order valence-electron chi connectivity index (χ4n) is 4.15. The summed E-state index contributed by atoms with van der Waals surface area (Å²) in [6.45, 7) is 0. The lowest BCUT2D eigenvalue weighted by Gasteiger charge is -2.31. The van der Waals surface area contributed by atoms with Crippen LogP contribution < -0.4 is 21.1 Å². The SMILES string of the molecule is COc1ccc(NC(=O)C2(N)CCCCC2)cc1NC(=O)C1CCCCC1. The van der Waals surface area contributed by atoms with Gasteiger partial charge in [0.15, 0.2) is 0 Å². The van der Waals surface area contributed by atoms with Crippen molar-refractivity contribution < 1.29 is 14.3 Å². The number of nitrogens with two attached hydrogens (primary N) is 1. The highest BCUT2D eigenvalue weighted by atomic mass is 16.5. The molecule has 0 heterocycles. The van der Waals surface area contributed by atoms with E-state index in [0.717, 1.165) is 44.9 Å². The second-order valence-electron chi connectivity index (χ2n) is 7.91. The van der Waals surface area contributed by atoms with Crippen LogP contribution in [-0.2, 0) is 9.59 Å². The fraction of sp³-hybridized carbons (Fsp3) is 0.619. The highest BCUT2D eigenvalue weighted by Crippen LogP contribution is 2.32. The molecule has 6 heteroatoms. The smallest absolute Gasteiger partial charge is 0.244 e. The summed E-state index contributed by atoms with van der Waals surface area (Å²) in [4.78, 5) is 25.3. The molecule has 2 saturated carbocycles. The summed E-state index contributed by atoms with van der Waals surface area (Å²) in [5.74, 6) is 0.504. The summed E-state index contributed by atoms with van der Waals surface area (Å²) in [5.41, 5.74) is 6.72. The Bertz CT molecular complexity index is 677. The summed E-state index contributed by atoms with van der Waals surface area (Å²) < 4.78 is 5.38. The molecule has 2 aliphatic carbocycles. The standard InChI is InChI=1S/C21H31N3O3/c1-27-18-11-10-16(23-20(26)21(22)12-6-3-7-13-21)14-17(18)24-19(25)15-8-4-2-5-9-15/h10-11,14-15H,2-9,12-13,22H2,1H3,(H,23,26)(H,24,25). The molecule has 0 unspecified atom stereocenters. The van der Waals surface area contributed by atoms with Gasteiger partial charge in [0.2, 0.25) is 11.8 Å². The number of benzene rings is 1. The molecule has 0 spiro atoms. The first-order valence-electron chi connectivity index (χ1n) is 10.1. The van der Waals surface area contributed by atoms with Crippen LogP contribution in [-0.4, -0.2) is 24.5 Å². The topological polar surface area (TPSA) is 93.4 Å². The highest BCUT2D eigenvalue weighted by molar-refractivity contribution is 5.99. The van der Waals surface area contributed by atoms with E-state index in [1.54, 1.807) is 25.3 Å². The van der Waals surface area contributed by atoms with E-state index in [9.17, 15) is 9.59 Å². The Hall–Kier alpha value is -2.08. The number of methoxy groups -OCH3 is 1. The van der Waals surface area contributed by atoms with E-state index < -0.39 is 5.54 Å². The molecular formula is C21H31N3O3. The van der Waals surface area contributed by atoms with Gasteiger partial charge in [-0.25, -0.2) is 0 Å². The first kappa shape index (κ1) is 19.7. The number of anilines is 2. The molecule has 0 bridgehead atoms. The van der Waals surface area contributed by atoms with Crippen molar-refractivity contribution in [2.75, 3.05) is 17.7 Å². The molecule has 2 fully saturated rings. The molecule has 27 heavy (non-hydrogen) atoms. The maximum Gasteiger partial charge on any atom is 0.244 e. The number of rotatable bonds is 5. The largest absolute Gasteiger partial charge is 0.495 e. The van der Waals surface area contributed by atoms with E-state index in [4.69, 9.17) is 10.5 Å². The van der Waals surface area contributed by atoms with Gasteiger partial charge in [-0.15, -0.1) is 0 Å². The third kappa shape index (κ3) is 4.80. The monoisotopic (exact) mass is 373 g/mol. The van der Waals surface area contributed by atoms with Crippen LogP contribution in [0.4, 0.5) is 11.4 Å². The van der Waals surface area contributed by atoms with Crippen molar-refractivity contribution in [2.45, 2.75) is 69.7 Å². The van der Waals surface area contributed by atoms with E-state index in [2.05, 4.69) is 10.6 Å². The zero-order chi connectivity index (χ0) is 19.3. The van der Waals surface area contributed by atoms with Gasteiger partial charge in [0.1, 0.15) is 5.75 Å². The van der Waals surface area contributed by atoms with E-state index in [1.807, 2.05) is 0 Å². The van der Waals surface area contributed by atoms with Crippen LogP contribution in [0, 0.1) is 5.92 Å². The lowest BCUT2D eigenvalue weighted by atomic mass is 9.82. The lowest BCUT2D eigenvalue weighted by molar-refractivity contribution is -0.122. The first-order chi connectivity index (χ1) is 13.0. The zero-order valence-corrected chi connectivity index (χ0v) is 16.2. The Morgan fingerprint density at radius 2 is 1.70 bits per heavy atom. The molecule has 6 nitrogen and oxygen atoms in total. The second kappa shape index (κ2) is 8.74. The van der Waals surface area contributed by atoms with Crippen molar-refractivity contribution in [3.63, 3.8) is 0 Å². The second-order valence-corrected chi connectivity index (χ2v) is 7.91. The molecule has 0 saturated heterocycles. The predicted octanol–water partition coefficient (Wildman–Crippen LogP) is 3.81. The third-order valence-electron chi connectivity index (χ3n) is 5.89. The Kier molecular flexibility index (Phi) is 6.37. The summed E-state index contributed by atoms with van der Waals surface area (Å²) >= 11 is 0. The molecule has 2 amide bonds. The molecule has 2 aliphatic rings. The summed E-state index contributed by atoms with van der Waals surface area (Å²) in [6.07, 6.45) is 9.78. The van der Waals surface area contributed by atoms with Gasteiger partial charge in [-0.3, -0.25) is 9.59 Å². The molecule has 1 aromatic carbocycles. The number of hydrogen-bond acceptors (Lipinski definition) is 4. The highest BCUT2D eigenvalue weighted by Gasteiger charge is 2.35. The van der Waals surface area contributed by atoms with Crippen LogP contribution in [0.3, 0.4) is 0 Å². The van der Waals surface area contributed by atoms with Crippen molar-refractivity contribution in [3.8, 4) is 5.75 Å². The van der Waals surface area contributed by atoms with Crippen LogP contribution in [0.2, 0.25) is 0 Å². The minimum atomic E-state index is -0.802. The minimum Gasteiger partial charge on any atom is -0.495 e. The maximum atomic E-state index is 12.7. The van der Waals surface area contributed by atoms with Crippen LogP contribution in [0.5, 0.6) is 5.75 Å².